The van der Waals surface area contributed by atoms with E-state index >= 15 is 0 Å². The lowest BCUT2D eigenvalue weighted by molar-refractivity contribution is -0.195. The second-order valence-electron chi connectivity index (χ2n) is 5.87. The van der Waals surface area contributed by atoms with Gasteiger partial charge in [-0.25, -0.2) is 9.59 Å². The molecule has 11 heteroatoms. The van der Waals surface area contributed by atoms with Gasteiger partial charge in [0.25, 0.3) is 29.9 Å². The molecule has 29 heavy (non-hydrogen) atoms. The van der Waals surface area contributed by atoms with Crippen LogP contribution in [-0.4, -0.2) is 52.3 Å². The number of rotatable bonds is 6. The third-order valence-corrected chi connectivity index (χ3v) is 3.87. The van der Waals surface area contributed by atoms with E-state index in [9.17, 15) is 28.8 Å². The largest absolute Gasteiger partial charge is 0.537 e. The van der Waals surface area contributed by atoms with E-state index in [0.29, 0.717) is 4.90 Å². The van der Waals surface area contributed by atoms with Crippen molar-refractivity contribution >= 4 is 35.8 Å². The van der Waals surface area contributed by atoms with Gasteiger partial charge in [-0.2, -0.15) is 0 Å². The summed E-state index contributed by atoms with van der Waals surface area (Å²) in [6.45, 7) is -0.699. The lowest BCUT2D eigenvalue weighted by atomic mass is 10.2. The molecule has 0 aliphatic carbocycles. The van der Waals surface area contributed by atoms with Crippen molar-refractivity contribution < 1.29 is 43.1 Å². The van der Waals surface area contributed by atoms with E-state index < -0.39 is 48.6 Å². The van der Waals surface area contributed by atoms with E-state index in [1.165, 1.54) is 12.1 Å². The minimum Gasteiger partial charge on any atom is -0.419 e. The van der Waals surface area contributed by atoms with Gasteiger partial charge in [0.05, 0.1) is 0 Å². The maximum atomic E-state index is 12.2. The summed E-state index contributed by atoms with van der Waals surface area (Å²) in [7, 11) is 0. The smallest absolute Gasteiger partial charge is 0.419 e. The highest BCUT2D eigenvalue weighted by Crippen LogP contribution is 2.21. The van der Waals surface area contributed by atoms with Crippen molar-refractivity contribution in [3.63, 3.8) is 0 Å². The van der Waals surface area contributed by atoms with E-state index in [0.717, 1.165) is 12.2 Å². The average molecular weight is 402 g/mol. The quantitative estimate of drug-likeness (QED) is 0.375. The zero-order valence-electron chi connectivity index (χ0n) is 14.8. The average Bonchev–Trinajstić information content (AvgIpc) is 3.18. The van der Waals surface area contributed by atoms with Crippen molar-refractivity contribution in [1.82, 2.24) is 9.96 Å². The van der Waals surface area contributed by atoms with Crippen molar-refractivity contribution in [2.45, 2.75) is 19.1 Å². The third-order valence-electron chi connectivity index (χ3n) is 3.87. The van der Waals surface area contributed by atoms with Gasteiger partial charge in [-0.05, 0) is 0 Å². The molecule has 2 aliphatic rings. The monoisotopic (exact) mass is 402 g/mol. The lowest BCUT2D eigenvalue weighted by Crippen LogP contribution is -2.37. The number of hydrogen-bond donors (Lipinski definition) is 0. The first-order chi connectivity index (χ1) is 13.8. The topological polar surface area (TPSA) is 137 Å². The molecule has 0 spiro atoms. The molecule has 1 aromatic rings. The molecule has 0 aromatic heterocycles. The van der Waals surface area contributed by atoms with Crippen LogP contribution < -0.4 is 0 Å². The molecule has 1 atom stereocenters. The minimum atomic E-state index is -1.61. The number of esters is 1. The maximum absolute atomic E-state index is 12.2. The predicted molar refractivity (Wildman–Crippen MR) is 89.8 cm³/mol. The molecule has 0 saturated carbocycles. The Morgan fingerprint density at radius 1 is 0.897 bits per heavy atom. The van der Waals surface area contributed by atoms with Gasteiger partial charge in [-0.3, -0.25) is 28.9 Å². The standard InChI is InChI=1S/C18H14N2O9/c21-12-6-7-13(22)19(12)10-16(25)27-17(11-4-2-1-3-5-11)28-18(26)29-20-14(23)8-9-15(20)24/h1-7,17H,8-10H2. The van der Waals surface area contributed by atoms with E-state index in [1.807, 2.05) is 0 Å². The van der Waals surface area contributed by atoms with Gasteiger partial charge >= 0.3 is 12.1 Å². The van der Waals surface area contributed by atoms with Crippen LogP contribution in [0.5, 0.6) is 0 Å². The molecule has 4 amide bonds. The van der Waals surface area contributed by atoms with Crippen molar-refractivity contribution in [2.24, 2.45) is 0 Å². The summed E-state index contributed by atoms with van der Waals surface area (Å²) in [5, 5.41) is 0.277. The first-order valence-corrected chi connectivity index (χ1v) is 8.37. The Hall–Kier alpha value is -4.02. The van der Waals surface area contributed by atoms with Crippen LogP contribution in [0.2, 0.25) is 0 Å². The molecule has 0 radical (unpaired) electrons. The number of hydroxylamine groups is 2. The number of carbonyl (C=O) groups is 6. The van der Waals surface area contributed by atoms with Crippen LogP contribution in [0, 0.1) is 0 Å². The van der Waals surface area contributed by atoms with Crippen LogP contribution in [0.3, 0.4) is 0 Å². The molecule has 2 heterocycles. The van der Waals surface area contributed by atoms with Crippen LogP contribution in [0.25, 0.3) is 0 Å². The molecule has 11 nitrogen and oxygen atoms in total. The highest BCUT2D eigenvalue weighted by Gasteiger charge is 2.35. The molecular weight excluding hydrogens is 388 g/mol. The number of amides is 4. The van der Waals surface area contributed by atoms with Gasteiger partial charge in [0.15, 0.2) is 0 Å². The van der Waals surface area contributed by atoms with Gasteiger partial charge < -0.3 is 9.47 Å². The SMILES string of the molecule is O=C(CN1C(=O)C=CC1=O)OC(OC(=O)ON1C(=O)CCC1=O)c1ccccc1. The number of ether oxygens (including phenoxy) is 2. The summed E-state index contributed by atoms with van der Waals surface area (Å²) < 4.78 is 9.99. The molecule has 1 aromatic carbocycles. The fourth-order valence-corrected chi connectivity index (χ4v) is 2.48. The Balaban J connectivity index is 1.66. The fraction of sp³-hybridized carbons (Fsp3) is 0.222. The van der Waals surface area contributed by atoms with Gasteiger partial charge in [0, 0.05) is 30.6 Å². The second-order valence-corrected chi connectivity index (χ2v) is 5.87. The maximum Gasteiger partial charge on any atom is 0.537 e. The van der Waals surface area contributed by atoms with Crippen LogP contribution in [0.4, 0.5) is 4.79 Å². The Morgan fingerprint density at radius 2 is 1.48 bits per heavy atom. The van der Waals surface area contributed by atoms with Crippen molar-refractivity contribution in [3.05, 3.63) is 48.0 Å². The number of nitrogens with zero attached hydrogens (tertiary/aromatic N) is 2. The minimum absolute atomic E-state index is 0.102. The Bertz CT molecular complexity index is 857. The van der Waals surface area contributed by atoms with E-state index in [-0.39, 0.29) is 23.5 Å². The Labute approximate surface area is 163 Å². The summed E-state index contributed by atoms with van der Waals surface area (Å²) in [5.41, 5.74) is 0.231. The number of benzene rings is 1. The van der Waals surface area contributed by atoms with Gasteiger partial charge in [-0.15, -0.1) is 0 Å². The van der Waals surface area contributed by atoms with Crippen molar-refractivity contribution in [1.29, 1.82) is 0 Å². The molecule has 1 saturated heterocycles. The summed E-state index contributed by atoms with van der Waals surface area (Å²) in [6.07, 6.45) is -1.26. The molecule has 1 fully saturated rings. The highest BCUT2D eigenvalue weighted by atomic mass is 16.9. The highest BCUT2D eigenvalue weighted by molar-refractivity contribution is 6.14. The molecule has 150 valence electrons. The van der Waals surface area contributed by atoms with Crippen LogP contribution in [0.15, 0.2) is 42.5 Å². The third kappa shape index (κ3) is 4.64. The number of imide groups is 2. The van der Waals surface area contributed by atoms with E-state index in [2.05, 4.69) is 4.84 Å². The van der Waals surface area contributed by atoms with Gasteiger partial charge in [0.1, 0.15) is 6.54 Å². The first kappa shape index (κ1) is 19.7. The fourth-order valence-electron chi connectivity index (χ4n) is 2.48. The summed E-state index contributed by atoms with van der Waals surface area (Å²) >= 11 is 0. The van der Waals surface area contributed by atoms with Crippen molar-refractivity contribution in [2.75, 3.05) is 6.54 Å². The Morgan fingerprint density at radius 3 is 2.07 bits per heavy atom. The molecule has 2 aliphatic heterocycles. The van der Waals surface area contributed by atoms with Gasteiger partial charge in [-0.1, -0.05) is 35.4 Å². The Kier molecular flexibility index (Phi) is 5.67. The van der Waals surface area contributed by atoms with E-state index in [4.69, 9.17) is 9.47 Å². The van der Waals surface area contributed by atoms with Crippen LogP contribution in [0.1, 0.15) is 24.7 Å². The van der Waals surface area contributed by atoms with Crippen LogP contribution >= 0.6 is 0 Å². The number of carbonyl (C=O) groups excluding carboxylic acids is 6. The second kappa shape index (κ2) is 8.33. The summed E-state index contributed by atoms with van der Waals surface area (Å²) in [6, 6.07) is 7.78. The lowest BCUT2D eigenvalue weighted by Gasteiger charge is -2.21. The molecule has 1 unspecified atom stereocenters. The zero-order chi connectivity index (χ0) is 21.0. The predicted octanol–water partition coefficient (Wildman–Crippen LogP) is 0.371. The summed E-state index contributed by atoms with van der Waals surface area (Å²) in [5.74, 6) is -3.83. The number of hydrogen-bond acceptors (Lipinski definition) is 9. The van der Waals surface area contributed by atoms with E-state index in [1.54, 1.807) is 18.2 Å². The first-order valence-electron chi connectivity index (χ1n) is 8.37. The van der Waals surface area contributed by atoms with Crippen molar-refractivity contribution in [3.8, 4) is 0 Å². The van der Waals surface area contributed by atoms with Crippen LogP contribution in [-0.2, 0) is 38.3 Å². The molecule has 0 N–H and O–H groups in total. The summed E-state index contributed by atoms with van der Waals surface area (Å²) in [4.78, 5) is 75.5. The molecule has 3 rings (SSSR count). The molecule has 0 bridgehead atoms. The normalized spacial score (nSPS) is 17.0. The van der Waals surface area contributed by atoms with Gasteiger partial charge in [0.2, 0.25) is 0 Å². The zero-order valence-corrected chi connectivity index (χ0v) is 14.8. The molecular formula is C18H14N2O9.